The molecule has 16 heavy (non-hydrogen) atoms. The molecule has 0 aromatic heterocycles. The van der Waals surface area contributed by atoms with E-state index in [1.54, 1.807) is 0 Å². The lowest BCUT2D eigenvalue weighted by Gasteiger charge is -2.31. The van der Waals surface area contributed by atoms with Gasteiger partial charge >= 0.3 is 0 Å². The van der Waals surface area contributed by atoms with E-state index in [2.05, 4.69) is 41.2 Å². The van der Waals surface area contributed by atoms with Gasteiger partial charge in [0.25, 0.3) is 0 Å². The maximum atomic E-state index is 12.1. The number of fused-ring (bicyclic) bond motifs is 1. The molecule has 4 heteroatoms. The first kappa shape index (κ1) is 12.3. The quantitative estimate of drug-likeness (QED) is 0.910. The van der Waals surface area contributed by atoms with Crippen LogP contribution in [0.1, 0.15) is 25.5 Å². The van der Waals surface area contributed by atoms with Crippen LogP contribution >= 0.6 is 15.9 Å². The molecule has 0 amide bonds. The van der Waals surface area contributed by atoms with Gasteiger partial charge in [0, 0.05) is 16.3 Å². The second-order valence-electron chi connectivity index (χ2n) is 4.18. The van der Waals surface area contributed by atoms with E-state index in [9.17, 15) is 4.21 Å². The number of benzene rings is 1. The molecule has 1 N–H and O–H groups in total. The van der Waals surface area contributed by atoms with E-state index < -0.39 is 10.8 Å². The van der Waals surface area contributed by atoms with E-state index in [1.165, 1.54) is 5.56 Å². The minimum atomic E-state index is -0.868. The summed E-state index contributed by atoms with van der Waals surface area (Å²) in [6.07, 6.45) is 0. The minimum Gasteiger partial charge on any atom is -0.310 e. The van der Waals surface area contributed by atoms with Crippen molar-refractivity contribution in [3.05, 3.63) is 28.2 Å². The van der Waals surface area contributed by atoms with Crippen LogP contribution in [0.25, 0.3) is 0 Å². The Kier molecular flexibility index (Phi) is 3.82. The topological polar surface area (TPSA) is 29.1 Å². The summed E-state index contributed by atoms with van der Waals surface area (Å²) in [5, 5.41) is 3.48. The lowest BCUT2D eigenvalue weighted by atomic mass is 9.95. The van der Waals surface area contributed by atoms with Crippen LogP contribution in [-0.2, 0) is 10.8 Å². The van der Waals surface area contributed by atoms with Gasteiger partial charge in [0.05, 0.1) is 15.7 Å². The Bertz CT molecular complexity index is 421. The van der Waals surface area contributed by atoms with Crippen LogP contribution in [0.15, 0.2) is 27.6 Å². The molecule has 1 aromatic rings. The molecule has 0 saturated heterocycles. The third kappa shape index (κ3) is 2.11. The van der Waals surface area contributed by atoms with Gasteiger partial charge in [0.2, 0.25) is 0 Å². The first-order valence-electron chi connectivity index (χ1n) is 5.55. The van der Waals surface area contributed by atoms with Crippen LogP contribution in [0.4, 0.5) is 0 Å². The molecule has 1 aliphatic rings. The van der Waals surface area contributed by atoms with Gasteiger partial charge in [0.15, 0.2) is 0 Å². The fraction of sp³-hybridized carbons (Fsp3) is 0.500. The zero-order chi connectivity index (χ0) is 11.7. The summed E-state index contributed by atoms with van der Waals surface area (Å²) >= 11 is 3.50. The summed E-state index contributed by atoms with van der Waals surface area (Å²) in [5.74, 6) is 1.16. The highest BCUT2D eigenvalue weighted by molar-refractivity contribution is 9.10. The van der Waals surface area contributed by atoms with Crippen molar-refractivity contribution in [1.29, 1.82) is 0 Å². The number of hydrogen-bond donors (Lipinski definition) is 1. The molecule has 3 atom stereocenters. The summed E-state index contributed by atoms with van der Waals surface area (Å²) < 4.78 is 13.1. The Balaban J connectivity index is 2.50. The molecule has 2 nitrogen and oxygen atoms in total. The summed E-state index contributed by atoms with van der Waals surface area (Å²) in [6.45, 7) is 5.21. The Morgan fingerprint density at radius 2 is 2.31 bits per heavy atom. The Labute approximate surface area is 107 Å². The Morgan fingerprint density at radius 3 is 3.00 bits per heavy atom. The number of halogens is 1. The van der Waals surface area contributed by atoms with Gasteiger partial charge in [-0.15, -0.1) is 0 Å². The predicted molar refractivity (Wildman–Crippen MR) is 71.0 cm³/mol. The summed E-state index contributed by atoms with van der Waals surface area (Å²) in [5.41, 5.74) is 1.19. The molecule has 1 heterocycles. The normalized spacial score (nSPS) is 28.8. The monoisotopic (exact) mass is 301 g/mol. The summed E-state index contributed by atoms with van der Waals surface area (Å²) in [7, 11) is -0.868. The average Bonchev–Trinajstić information content (AvgIpc) is 2.23. The lowest BCUT2D eigenvalue weighted by molar-refractivity contribution is 0.410. The fourth-order valence-corrected chi connectivity index (χ4v) is 4.77. The van der Waals surface area contributed by atoms with Gasteiger partial charge in [-0.1, -0.05) is 26.0 Å². The highest BCUT2D eigenvalue weighted by Gasteiger charge is 2.31. The molecule has 88 valence electrons. The molecule has 0 radical (unpaired) electrons. The van der Waals surface area contributed by atoms with Crippen molar-refractivity contribution >= 4 is 26.7 Å². The minimum absolute atomic E-state index is 0.329. The van der Waals surface area contributed by atoms with Crippen molar-refractivity contribution in [3.63, 3.8) is 0 Å². The molecule has 3 unspecified atom stereocenters. The zero-order valence-corrected chi connectivity index (χ0v) is 11.9. The summed E-state index contributed by atoms with van der Waals surface area (Å²) in [6, 6.07) is 6.40. The van der Waals surface area contributed by atoms with Crippen molar-refractivity contribution in [2.45, 2.75) is 24.8 Å². The van der Waals surface area contributed by atoms with Gasteiger partial charge in [-0.3, -0.25) is 4.21 Å². The van der Waals surface area contributed by atoms with Crippen LogP contribution in [-0.4, -0.2) is 16.5 Å². The van der Waals surface area contributed by atoms with E-state index >= 15 is 0 Å². The van der Waals surface area contributed by atoms with Gasteiger partial charge in [-0.05, 0) is 40.0 Å². The van der Waals surface area contributed by atoms with Gasteiger partial charge in [0.1, 0.15) is 0 Å². The molecule has 1 aromatic carbocycles. The largest absolute Gasteiger partial charge is 0.310 e. The van der Waals surface area contributed by atoms with Crippen LogP contribution < -0.4 is 5.32 Å². The van der Waals surface area contributed by atoms with Crippen LogP contribution in [0.2, 0.25) is 0 Å². The molecule has 0 aliphatic carbocycles. The van der Waals surface area contributed by atoms with Crippen LogP contribution in [0, 0.1) is 5.92 Å². The van der Waals surface area contributed by atoms with E-state index in [0.717, 1.165) is 21.7 Å². The van der Waals surface area contributed by atoms with E-state index in [1.807, 2.05) is 12.1 Å². The first-order chi connectivity index (χ1) is 7.65. The molecule has 2 rings (SSSR count). The van der Waals surface area contributed by atoms with Gasteiger partial charge in [-0.2, -0.15) is 0 Å². The van der Waals surface area contributed by atoms with Crippen molar-refractivity contribution in [3.8, 4) is 0 Å². The number of hydrogen-bond acceptors (Lipinski definition) is 2. The highest BCUT2D eigenvalue weighted by Crippen LogP contribution is 2.37. The van der Waals surface area contributed by atoms with Crippen molar-refractivity contribution in [2.75, 3.05) is 12.3 Å². The maximum Gasteiger partial charge on any atom is 0.0578 e. The SMILES string of the molecule is CCNC1c2cccc(Br)c2S(=O)CC1C. The Hall–Kier alpha value is -0.190. The molecule has 1 aliphatic heterocycles. The number of nitrogens with one attached hydrogen (secondary N) is 1. The van der Waals surface area contributed by atoms with Crippen molar-refractivity contribution in [2.24, 2.45) is 5.92 Å². The van der Waals surface area contributed by atoms with Gasteiger partial charge in [-0.25, -0.2) is 0 Å². The fourth-order valence-electron chi connectivity index (χ4n) is 2.27. The molecular formula is C12H16BrNOS. The van der Waals surface area contributed by atoms with E-state index in [-0.39, 0.29) is 0 Å². The molecular weight excluding hydrogens is 286 g/mol. The molecule has 0 bridgehead atoms. The smallest absolute Gasteiger partial charge is 0.0578 e. The van der Waals surface area contributed by atoms with E-state index in [0.29, 0.717) is 12.0 Å². The molecule has 0 spiro atoms. The lowest BCUT2D eigenvalue weighted by Crippen LogP contribution is -2.34. The Morgan fingerprint density at radius 1 is 1.56 bits per heavy atom. The standard InChI is InChI=1S/C12H16BrNOS/c1-3-14-11-8(2)7-16(15)12-9(11)5-4-6-10(12)13/h4-6,8,11,14H,3,7H2,1-2H3. The zero-order valence-electron chi connectivity index (χ0n) is 9.50. The highest BCUT2D eigenvalue weighted by atomic mass is 79.9. The number of rotatable bonds is 2. The second-order valence-corrected chi connectivity index (χ2v) is 6.47. The first-order valence-corrected chi connectivity index (χ1v) is 7.66. The predicted octanol–water partition coefficient (Wildman–Crippen LogP) is 2.86. The molecule has 0 saturated carbocycles. The van der Waals surface area contributed by atoms with Crippen molar-refractivity contribution in [1.82, 2.24) is 5.32 Å². The van der Waals surface area contributed by atoms with Crippen LogP contribution in [0.5, 0.6) is 0 Å². The third-order valence-electron chi connectivity index (χ3n) is 2.97. The van der Waals surface area contributed by atoms with Crippen molar-refractivity contribution < 1.29 is 4.21 Å². The third-order valence-corrected chi connectivity index (χ3v) is 5.63. The summed E-state index contributed by atoms with van der Waals surface area (Å²) in [4.78, 5) is 0.978. The van der Waals surface area contributed by atoms with E-state index in [4.69, 9.17) is 0 Å². The average molecular weight is 302 g/mol. The second kappa shape index (κ2) is 4.98. The van der Waals surface area contributed by atoms with Gasteiger partial charge < -0.3 is 5.32 Å². The molecule has 0 fully saturated rings. The van der Waals surface area contributed by atoms with Crippen LogP contribution in [0.3, 0.4) is 0 Å². The maximum absolute atomic E-state index is 12.1.